The number of hydrogen-bond donors (Lipinski definition) is 2. The summed E-state index contributed by atoms with van der Waals surface area (Å²) in [7, 11) is 3.86. The number of pyridine rings is 1. The first-order valence-electron chi connectivity index (χ1n) is 7.01. The molecule has 2 N–H and O–H groups in total. The molecule has 0 aliphatic carbocycles. The van der Waals surface area contributed by atoms with E-state index in [0.717, 1.165) is 11.5 Å². The van der Waals surface area contributed by atoms with Gasteiger partial charge in [0.05, 0.1) is 5.56 Å². The molecule has 0 saturated heterocycles. The maximum atomic E-state index is 11.8. The van der Waals surface area contributed by atoms with Crippen molar-refractivity contribution in [2.24, 2.45) is 0 Å². The van der Waals surface area contributed by atoms with Gasteiger partial charge in [-0.3, -0.25) is 9.78 Å². The van der Waals surface area contributed by atoms with Crippen molar-refractivity contribution in [2.45, 2.75) is 6.92 Å². The number of amides is 1. The second-order valence-electron chi connectivity index (χ2n) is 5.01. The van der Waals surface area contributed by atoms with Crippen molar-refractivity contribution in [2.75, 3.05) is 37.4 Å². The Labute approximate surface area is 129 Å². The fourth-order valence-corrected chi connectivity index (χ4v) is 1.81. The lowest BCUT2D eigenvalue weighted by atomic mass is 10.3. The molecule has 0 radical (unpaired) electrons. The van der Waals surface area contributed by atoms with Gasteiger partial charge in [0.2, 0.25) is 5.95 Å². The molecule has 116 valence electrons. The lowest BCUT2D eigenvalue weighted by Gasteiger charge is -2.13. The monoisotopic (exact) mass is 300 g/mol. The predicted molar refractivity (Wildman–Crippen MR) is 86.2 cm³/mol. The third-order valence-electron chi connectivity index (χ3n) is 2.92. The first kappa shape index (κ1) is 15.7. The van der Waals surface area contributed by atoms with E-state index in [1.165, 1.54) is 6.20 Å². The van der Waals surface area contributed by atoms with Crippen LogP contribution in [0, 0.1) is 6.92 Å². The summed E-state index contributed by atoms with van der Waals surface area (Å²) >= 11 is 0. The summed E-state index contributed by atoms with van der Waals surface area (Å²) in [4.78, 5) is 26.4. The summed E-state index contributed by atoms with van der Waals surface area (Å²) in [6.45, 7) is 2.94. The number of hydrogen-bond acceptors (Lipinski definition) is 6. The third-order valence-corrected chi connectivity index (χ3v) is 2.92. The molecule has 0 aliphatic heterocycles. The highest BCUT2D eigenvalue weighted by Crippen LogP contribution is 2.11. The number of carbonyl (C=O) groups excluding carboxylic acids is 1. The number of aryl methyl sites for hydroxylation is 1. The van der Waals surface area contributed by atoms with Gasteiger partial charge in [-0.2, -0.15) is 4.98 Å². The highest BCUT2D eigenvalue weighted by molar-refractivity contribution is 5.93. The Morgan fingerprint density at radius 1 is 1.27 bits per heavy atom. The maximum absolute atomic E-state index is 11.8. The summed E-state index contributed by atoms with van der Waals surface area (Å²) in [5, 5.41) is 5.92. The Morgan fingerprint density at radius 2 is 2.09 bits per heavy atom. The zero-order valence-corrected chi connectivity index (χ0v) is 13.0. The molecule has 0 saturated carbocycles. The van der Waals surface area contributed by atoms with E-state index < -0.39 is 0 Å². The topological polar surface area (TPSA) is 83.0 Å². The van der Waals surface area contributed by atoms with Crippen molar-refractivity contribution in [1.29, 1.82) is 0 Å². The van der Waals surface area contributed by atoms with Gasteiger partial charge in [-0.25, -0.2) is 4.98 Å². The average molecular weight is 300 g/mol. The van der Waals surface area contributed by atoms with Crippen molar-refractivity contribution < 1.29 is 4.79 Å². The van der Waals surface area contributed by atoms with Crippen LogP contribution < -0.4 is 15.5 Å². The van der Waals surface area contributed by atoms with Crippen molar-refractivity contribution in [3.63, 3.8) is 0 Å². The van der Waals surface area contributed by atoms with Crippen LogP contribution in [0.3, 0.4) is 0 Å². The molecule has 0 atom stereocenters. The number of anilines is 2. The minimum atomic E-state index is -0.144. The molecule has 2 rings (SSSR count). The molecule has 22 heavy (non-hydrogen) atoms. The van der Waals surface area contributed by atoms with E-state index in [0.29, 0.717) is 24.6 Å². The van der Waals surface area contributed by atoms with Crippen molar-refractivity contribution >= 4 is 17.7 Å². The Hall–Kier alpha value is -2.70. The average Bonchev–Trinajstić information content (AvgIpc) is 2.51. The van der Waals surface area contributed by atoms with E-state index in [1.54, 1.807) is 18.3 Å². The molecule has 2 heterocycles. The van der Waals surface area contributed by atoms with Crippen LogP contribution in [0.2, 0.25) is 0 Å². The molecule has 0 bridgehead atoms. The van der Waals surface area contributed by atoms with Crippen LogP contribution >= 0.6 is 0 Å². The van der Waals surface area contributed by atoms with Gasteiger partial charge in [0.1, 0.15) is 5.82 Å². The minimum absolute atomic E-state index is 0.144. The fraction of sp³-hybridized carbons (Fsp3) is 0.333. The summed E-state index contributed by atoms with van der Waals surface area (Å²) in [6.07, 6.45) is 3.17. The van der Waals surface area contributed by atoms with Crippen molar-refractivity contribution in [3.05, 3.63) is 41.9 Å². The molecular formula is C15H20N6O. The highest BCUT2D eigenvalue weighted by atomic mass is 16.1. The zero-order valence-electron chi connectivity index (χ0n) is 13.0. The van der Waals surface area contributed by atoms with Crippen LogP contribution in [0.15, 0.2) is 30.6 Å². The quantitative estimate of drug-likeness (QED) is 0.777. The second-order valence-corrected chi connectivity index (χ2v) is 5.01. The van der Waals surface area contributed by atoms with Crippen LogP contribution in [0.5, 0.6) is 0 Å². The molecule has 2 aromatic heterocycles. The molecule has 0 fully saturated rings. The molecule has 0 aromatic carbocycles. The first-order chi connectivity index (χ1) is 10.6. The van der Waals surface area contributed by atoms with E-state index in [1.807, 2.05) is 32.0 Å². The van der Waals surface area contributed by atoms with Crippen molar-refractivity contribution in [3.8, 4) is 0 Å². The summed E-state index contributed by atoms with van der Waals surface area (Å²) in [5.74, 6) is 1.25. The highest BCUT2D eigenvalue weighted by Gasteiger charge is 2.05. The number of carbonyl (C=O) groups is 1. The number of nitrogens with one attached hydrogen (secondary N) is 2. The van der Waals surface area contributed by atoms with Gasteiger partial charge < -0.3 is 15.5 Å². The van der Waals surface area contributed by atoms with E-state index >= 15 is 0 Å². The second kappa shape index (κ2) is 7.35. The predicted octanol–water partition coefficient (Wildman–Crippen LogP) is 1.09. The molecule has 2 aromatic rings. The summed E-state index contributed by atoms with van der Waals surface area (Å²) in [5.41, 5.74) is 1.43. The fourth-order valence-electron chi connectivity index (χ4n) is 1.81. The van der Waals surface area contributed by atoms with Crippen molar-refractivity contribution in [1.82, 2.24) is 20.3 Å². The van der Waals surface area contributed by atoms with E-state index in [4.69, 9.17) is 0 Å². The van der Waals surface area contributed by atoms with E-state index in [-0.39, 0.29) is 5.91 Å². The molecule has 7 heteroatoms. The molecular weight excluding hydrogens is 280 g/mol. The Kier molecular flexibility index (Phi) is 5.24. The van der Waals surface area contributed by atoms with Crippen LogP contribution in [0.4, 0.5) is 11.8 Å². The number of rotatable bonds is 6. The number of aromatic nitrogens is 3. The Bertz CT molecular complexity index is 629. The van der Waals surface area contributed by atoms with Crippen LogP contribution in [0.1, 0.15) is 16.1 Å². The van der Waals surface area contributed by atoms with Gasteiger partial charge in [-0.1, -0.05) is 0 Å². The third kappa shape index (κ3) is 4.41. The largest absolute Gasteiger partial charge is 0.363 e. The summed E-state index contributed by atoms with van der Waals surface area (Å²) < 4.78 is 0. The lowest BCUT2D eigenvalue weighted by Crippen LogP contribution is -2.29. The van der Waals surface area contributed by atoms with Crippen LogP contribution in [0.25, 0.3) is 0 Å². The van der Waals surface area contributed by atoms with Gasteiger partial charge >= 0.3 is 0 Å². The van der Waals surface area contributed by atoms with Crippen LogP contribution in [-0.4, -0.2) is 48.0 Å². The normalized spacial score (nSPS) is 10.1. The SMILES string of the molecule is Cc1cc(N(C)C)nc(NCCNC(=O)c2cccnc2)n1. The minimum Gasteiger partial charge on any atom is -0.363 e. The van der Waals surface area contributed by atoms with E-state index in [9.17, 15) is 4.79 Å². The molecule has 0 aliphatic rings. The molecule has 0 unspecified atom stereocenters. The first-order valence-corrected chi connectivity index (χ1v) is 7.01. The van der Waals surface area contributed by atoms with Gasteiger partial charge in [0.25, 0.3) is 5.91 Å². The molecule has 7 nitrogen and oxygen atoms in total. The summed E-state index contributed by atoms with van der Waals surface area (Å²) in [6, 6.07) is 5.37. The Balaban J connectivity index is 1.83. The Morgan fingerprint density at radius 3 is 2.77 bits per heavy atom. The molecule has 0 spiro atoms. The smallest absolute Gasteiger partial charge is 0.252 e. The van der Waals surface area contributed by atoms with Gasteiger partial charge in [0.15, 0.2) is 0 Å². The maximum Gasteiger partial charge on any atom is 0.252 e. The van der Waals surface area contributed by atoms with Gasteiger partial charge in [-0.15, -0.1) is 0 Å². The van der Waals surface area contributed by atoms with Crippen LogP contribution in [-0.2, 0) is 0 Å². The van der Waals surface area contributed by atoms with Gasteiger partial charge in [-0.05, 0) is 19.1 Å². The standard InChI is InChI=1S/C15H20N6O/c1-11-9-13(21(2)3)20-15(19-11)18-8-7-17-14(22)12-5-4-6-16-10-12/h4-6,9-10H,7-8H2,1-3H3,(H,17,22)(H,18,19,20). The number of nitrogens with zero attached hydrogens (tertiary/aromatic N) is 4. The zero-order chi connectivity index (χ0) is 15.9. The lowest BCUT2D eigenvalue weighted by molar-refractivity contribution is 0.0955. The molecule has 1 amide bonds. The van der Waals surface area contributed by atoms with Gasteiger partial charge in [0, 0.05) is 51.3 Å². The van der Waals surface area contributed by atoms with E-state index in [2.05, 4.69) is 25.6 Å².